The number of rotatable bonds is 16. The second-order valence-electron chi connectivity index (χ2n) is 9.30. The molecule has 3 rings (SSSR count). The van der Waals surface area contributed by atoms with Crippen molar-refractivity contribution in [3.8, 4) is 28.7 Å². The zero-order chi connectivity index (χ0) is 29.9. The van der Waals surface area contributed by atoms with E-state index >= 15 is 0 Å². The van der Waals surface area contributed by atoms with Gasteiger partial charge in [-0.05, 0) is 41.9 Å². The Kier molecular flexibility index (Phi) is 11.9. The molecular formula is C30H38N2O8S. The van der Waals surface area contributed by atoms with Crippen LogP contribution >= 0.6 is 11.8 Å². The zero-order valence-electron chi connectivity index (χ0n) is 24.4. The van der Waals surface area contributed by atoms with E-state index in [2.05, 4.69) is 17.6 Å². The first kappa shape index (κ1) is 31.8. The minimum absolute atomic E-state index is 0.124. The minimum Gasteiger partial charge on any atom is -0.496 e. The van der Waals surface area contributed by atoms with Gasteiger partial charge in [-0.2, -0.15) is 0 Å². The summed E-state index contributed by atoms with van der Waals surface area (Å²) in [6.07, 6.45) is 5.91. The van der Waals surface area contributed by atoms with E-state index in [9.17, 15) is 14.9 Å². The van der Waals surface area contributed by atoms with Gasteiger partial charge in [0.25, 0.3) is 0 Å². The summed E-state index contributed by atoms with van der Waals surface area (Å²) in [5.74, 6) is 1.93. The van der Waals surface area contributed by atoms with Crippen LogP contribution in [0.2, 0.25) is 0 Å². The van der Waals surface area contributed by atoms with Crippen LogP contribution in [0.3, 0.4) is 0 Å². The molecule has 0 aromatic heterocycles. The highest BCUT2D eigenvalue weighted by molar-refractivity contribution is 8.14. The Hall–Kier alpha value is -3.70. The topological polar surface area (TPSA) is 125 Å². The monoisotopic (exact) mass is 586 g/mol. The Bertz CT molecular complexity index is 1340. The maximum absolute atomic E-state index is 13.8. The number of carbonyl (C=O) groups is 1. The highest BCUT2D eigenvalue weighted by Gasteiger charge is 2.28. The Morgan fingerprint density at radius 1 is 0.854 bits per heavy atom. The molecule has 0 aliphatic heterocycles. The molecule has 0 fully saturated rings. The number of hydrogen-bond donors (Lipinski definition) is 2. The minimum atomic E-state index is -0.360. The van der Waals surface area contributed by atoms with Gasteiger partial charge < -0.3 is 23.7 Å². The van der Waals surface area contributed by atoms with Crippen LogP contribution in [0, 0.1) is 4.91 Å². The number of hydrogen-bond acceptors (Lipinski definition) is 11. The molecule has 0 aliphatic rings. The summed E-state index contributed by atoms with van der Waals surface area (Å²) in [6.45, 7) is 2.16. The second-order valence-corrected chi connectivity index (χ2v) is 10.5. The van der Waals surface area contributed by atoms with Gasteiger partial charge >= 0.3 is 0 Å². The van der Waals surface area contributed by atoms with Gasteiger partial charge in [-0.15, -0.1) is 4.91 Å². The van der Waals surface area contributed by atoms with Gasteiger partial charge in [0.2, 0.25) is 10.9 Å². The van der Waals surface area contributed by atoms with Crippen molar-refractivity contribution in [2.75, 3.05) is 41.0 Å². The summed E-state index contributed by atoms with van der Waals surface area (Å²) in [4.78, 5) is 25.6. The van der Waals surface area contributed by atoms with E-state index in [0.29, 0.717) is 62.8 Å². The van der Waals surface area contributed by atoms with E-state index in [0.717, 1.165) is 43.9 Å². The first-order valence-corrected chi connectivity index (χ1v) is 14.3. The predicted molar refractivity (Wildman–Crippen MR) is 162 cm³/mol. The number of fused-ring (bicyclic) bond motifs is 1. The van der Waals surface area contributed by atoms with E-state index in [-0.39, 0.29) is 16.1 Å². The molecule has 1 unspecified atom stereocenters. The maximum atomic E-state index is 13.8. The van der Waals surface area contributed by atoms with Crippen LogP contribution in [0.25, 0.3) is 10.8 Å². The lowest BCUT2D eigenvalue weighted by Gasteiger charge is -2.23. The number of methoxy groups -OCH3 is 5. The molecule has 0 heterocycles. The number of anilines is 1. The van der Waals surface area contributed by atoms with E-state index in [1.165, 1.54) is 47.7 Å². The van der Waals surface area contributed by atoms with Crippen LogP contribution in [0.4, 0.5) is 11.4 Å². The summed E-state index contributed by atoms with van der Waals surface area (Å²) >= 11 is 1.15. The quantitative estimate of drug-likeness (QED) is 0.0967. The molecule has 0 amide bonds. The van der Waals surface area contributed by atoms with Gasteiger partial charge in [0.05, 0.1) is 52.0 Å². The molecule has 0 spiro atoms. The van der Waals surface area contributed by atoms with Crippen LogP contribution in [-0.2, 0) is 0 Å². The highest BCUT2D eigenvalue weighted by atomic mass is 32.2. The molecule has 3 aromatic rings. The Morgan fingerprint density at radius 3 is 2.02 bits per heavy atom. The average Bonchev–Trinajstić information content (AvgIpc) is 3.01. The molecule has 0 bridgehead atoms. The van der Waals surface area contributed by atoms with Crippen LogP contribution in [0.1, 0.15) is 66.6 Å². The third kappa shape index (κ3) is 6.97. The fraction of sp³-hybridized carbons (Fsp3) is 0.433. The van der Waals surface area contributed by atoms with Crippen molar-refractivity contribution in [2.45, 2.75) is 50.7 Å². The third-order valence-corrected chi connectivity index (χ3v) is 8.14. The number of benzene rings is 3. The van der Waals surface area contributed by atoms with Crippen LogP contribution in [0.15, 0.2) is 35.5 Å². The summed E-state index contributed by atoms with van der Waals surface area (Å²) in [7, 11) is 7.50. The molecule has 10 nitrogen and oxygen atoms in total. The van der Waals surface area contributed by atoms with Crippen molar-refractivity contribution in [1.82, 2.24) is 0 Å². The largest absolute Gasteiger partial charge is 0.496 e. The number of unbranched alkanes of at least 4 members (excludes halogenated alkanes) is 4. The van der Waals surface area contributed by atoms with E-state index < -0.39 is 0 Å². The van der Waals surface area contributed by atoms with Gasteiger partial charge in [-0.3, -0.25) is 15.5 Å². The van der Waals surface area contributed by atoms with E-state index in [4.69, 9.17) is 23.7 Å². The molecule has 2 N–H and O–H groups in total. The van der Waals surface area contributed by atoms with Crippen molar-refractivity contribution < 1.29 is 33.7 Å². The molecule has 1 atom stereocenters. The summed E-state index contributed by atoms with van der Waals surface area (Å²) in [5.41, 5.74) is 3.67. The van der Waals surface area contributed by atoms with Crippen molar-refractivity contribution in [2.24, 2.45) is 5.18 Å². The van der Waals surface area contributed by atoms with E-state index in [1.807, 2.05) is 0 Å². The normalized spacial score (nSPS) is 11.6. The second kappa shape index (κ2) is 15.3. The van der Waals surface area contributed by atoms with Gasteiger partial charge in [0.1, 0.15) is 17.2 Å². The lowest BCUT2D eigenvalue weighted by Crippen LogP contribution is -2.06. The van der Waals surface area contributed by atoms with Crippen molar-refractivity contribution in [1.29, 1.82) is 0 Å². The third-order valence-electron chi connectivity index (χ3n) is 6.91. The highest BCUT2D eigenvalue weighted by Crippen LogP contribution is 2.51. The van der Waals surface area contributed by atoms with Gasteiger partial charge in [0.15, 0.2) is 11.5 Å². The lowest BCUT2D eigenvalue weighted by molar-refractivity contribution is 0.108. The summed E-state index contributed by atoms with van der Waals surface area (Å²) in [6, 6.07) is 8.08. The number of ether oxygens (including phenoxy) is 5. The molecule has 0 radical (unpaired) electrons. The van der Waals surface area contributed by atoms with Crippen molar-refractivity contribution >= 4 is 39.0 Å². The van der Waals surface area contributed by atoms with E-state index in [1.54, 1.807) is 18.2 Å². The van der Waals surface area contributed by atoms with Gasteiger partial charge in [-0.25, -0.2) is 0 Å². The van der Waals surface area contributed by atoms with Crippen molar-refractivity contribution in [3.05, 3.63) is 46.4 Å². The average molecular weight is 587 g/mol. The smallest absolute Gasteiger partial charge is 0.220 e. The number of nitrogens with zero attached hydrogens (tertiary/aromatic N) is 1. The SMILES string of the molecule is CCCCCCCC(SC(=O)c1cc(OC)c(OC)c(OC)c1)c1cc(OC)c2c(NO)ccc(N=O)c2c1OC. The number of carbonyl (C=O) groups excluding carboxylic acids is 1. The summed E-state index contributed by atoms with van der Waals surface area (Å²) < 4.78 is 27.9. The molecule has 0 aliphatic carbocycles. The predicted octanol–water partition coefficient (Wildman–Crippen LogP) is 8.06. The maximum Gasteiger partial charge on any atom is 0.220 e. The molecule has 0 saturated carbocycles. The van der Waals surface area contributed by atoms with Crippen LogP contribution < -0.4 is 29.2 Å². The zero-order valence-corrected chi connectivity index (χ0v) is 25.2. The molecule has 11 heteroatoms. The lowest BCUT2D eigenvalue weighted by atomic mass is 9.97. The molecule has 3 aromatic carbocycles. The van der Waals surface area contributed by atoms with Crippen molar-refractivity contribution in [3.63, 3.8) is 0 Å². The number of nitroso groups, excluding NO2 is 1. The van der Waals surface area contributed by atoms with Gasteiger partial charge in [-0.1, -0.05) is 50.8 Å². The Balaban J connectivity index is 2.17. The first-order valence-electron chi connectivity index (χ1n) is 13.4. The fourth-order valence-corrected chi connectivity index (χ4v) is 6.00. The Labute approximate surface area is 244 Å². The van der Waals surface area contributed by atoms with Crippen LogP contribution in [0.5, 0.6) is 28.7 Å². The fourth-order valence-electron chi connectivity index (χ4n) is 4.90. The molecule has 41 heavy (non-hydrogen) atoms. The molecular weight excluding hydrogens is 548 g/mol. The number of nitrogens with one attached hydrogen (secondary N) is 1. The molecule has 222 valence electrons. The standard InChI is InChI=1S/C30H38N2O8S/c1-7-8-9-10-11-12-25(41-30(33)18-15-23(37-3)29(40-6)24(16-18)38-4)19-17-22(36-2)26-20(31-34)13-14-21(32-35)27(26)28(19)39-5/h13-17,25,31,34H,7-12H2,1-6H3. The van der Waals surface area contributed by atoms with Gasteiger partial charge in [0, 0.05) is 16.4 Å². The first-order chi connectivity index (χ1) is 19.9. The Morgan fingerprint density at radius 2 is 1.49 bits per heavy atom. The number of thioether (sulfide) groups is 1. The van der Waals surface area contributed by atoms with Crippen LogP contribution in [-0.4, -0.2) is 45.9 Å². The molecule has 0 saturated heterocycles. The summed E-state index contributed by atoms with van der Waals surface area (Å²) in [5, 5.41) is 13.2.